The first-order chi connectivity index (χ1) is 64.5. The third-order valence-electron chi connectivity index (χ3n) is 25.2. The number of aliphatic hydroxyl groups is 1. The number of fused-ring (bicyclic) bond motifs is 13. The maximum absolute atomic E-state index is 13.2. The smallest absolute Gasteiger partial charge is 0.354 e. The zero-order valence-corrected chi connectivity index (χ0v) is 84.9. The lowest BCUT2D eigenvalue weighted by atomic mass is 9.96. The third kappa shape index (κ3) is 20.9. The first-order valence-electron chi connectivity index (χ1n) is 44.8. The van der Waals surface area contributed by atoms with Gasteiger partial charge >= 0.3 is 17.9 Å². The van der Waals surface area contributed by atoms with Crippen LogP contribution in [0.5, 0.6) is 17.2 Å². The number of hydrogen-bond donors (Lipinski definition) is 3. The molecule has 16 bridgehead atoms. The number of phenolic OH excluding ortho intramolecular Hbond substituents is 1. The van der Waals surface area contributed by atoms with Crippen molar-refractivity contribution >= 4 is 121 Å². The number of phenols is 1. The predicted octanol–water partition coefficient (Wildman–Crippen LogP) is 19.8. The Morgan fingerprint density at radius 3 is 1.46 bits per heavy atom. The van der Waals surface area contributed by atoms with E-state index in [2.05, 4.69) is 109 Å². The van der Waals surface area contributed by atoms with Crippen molar-refractivity contribution in [3.05, 3.63) is 243 Å². The van der Waals surface area contributed by atoms with E-state index in [4.69, 9.17) is 84.3 Å². The summed E-state index contributed by atoms with van der Waals surface area (Å²) in [5.74, 6) is 2.47. The molecule has 710 valence electrons. The lowest BCUT2D eigenvalue weighted by Crippen LogP contribution is -2.18. The third-order valence-corrected chi connectivity index (χ3v) is 29.2. The molecule has 3 N–H and O–H groups in total. The van der Waals surface area contributed by atoms with Crippen LogP contribution in [0.15, 0.2) is 124 Å². The number of hydrogen-bond acceptors (Lipinski definition) is 21. The van der Waals surface area contributed by atoms with Gasteiger partial charge in [0.2, 0.25) is 0 Å². The van der Waals surface area contributed by atoms with Gasteiger partial charge in [0.05, 0.1) is 61.6 Å². The Bertz CT molecular complexity index is 7020. The molecule has 0 amide bonds. The van der Waals surface area contributed by atoms with Crippen LogP contribution in [0.4, 0.5) is 0 Å². The Kier molecular flexibility index (Phi) is 30.4. The Morgan fingerprint density at radius 1 is 0.496 bits per heavy atom. The number of rotatable bonds is 14. The first kappa shape index (κ1) is 98.3. The largest absolute Gasteiger partial charge is 0.508 e. The molecule has 2 aliphatic rings. The average molecular weight is 1950 g/mol. The van der Waals surface area contributed by atoms with Gasteiger partial charge in [0, 0.05) is 255 Å². The molecule has 2 aliphatic heterocycles. The number of aliphatic hydroxyl groups excluding tert-OH is 1. The summed E-state index contributed by atoms with van der Waals surface area (Å²) in [5, 5.41) is 63.5. The van der Waals surface area contributed by atoms with Crippen LogP contribution in [0.2, 0.25) is 15.1 Å². The topological polar surface area (TPSA) is 280 Å². The number of methoxy groups -OCH3 is 2. The number of nitrogens with zero attached hydrogens (tertiary/aromatic N) is 18. The van der Waals surface area contributed by atoms with Gasteiger partial charge in [-0.25, -0.2) is 14.4 Å². The fraction of sp³-hybridized carbons (Fsp3) is 0.376. The van der Waals surface area contributed by atoms with Crippen molar-refractivity contribution in [2.45, 2.75) is 172 Å². The minimum Gasteiger partial charge on any atom is -0.508 e. The van der Waals surface area contributed by atoms with Crippen LogP contribution in [-0.2, 0) is 128 Å². The fourth-order valence-electron chi connectivity index (χ4n) is 18.8. The van der Waals surface area contributed by atoms with Gasteiger partial charge in [-0.3, -0.25) is 42.8 Å². The van der Waals surface area contributed by atoms with E-state index in [-0.39, 0.29) is 24.0 Å². The van der Waals surface area contributed by atoms with E-state index in [1.54, 1.807) is 47.4 Å². The molecule has 0 aliphatic carbocycles. The molecule has 0 spiro atoms. The van der Waals surface area contributed by atoms with Crippen molar-refractivity contribution < 1.29 is 48.7 Å². The van der Waals surface area contributed by atoms with E-state index in [1.807, 2.05) is 171 Å². The second-order valence-electron chi connectivity index (χ2n) is 35.3. The molecule has 0 unspecified atom stereocenters. The Hall–Kier alpha value is -11.2. The Balaban J connectivity index is 0.000000154. The monoisotopic (exact) mass is 1940 g/mol. The summed E-state index contributed by atoms with van der Waals surface area (Å²) in [4.78, 5) is 48.8. The number of halogens is 3. The van der Waals surface area contributed by atoms with Gasteiger partial charge in [-0.15, -0.1) is 35.3 Å². The summed E-state index contributed by atoms with van der Waals surface area (Å²) in [5.41, 5.74) is 26.8. The summed E-state index contributed by atoms with van der Waals surface area (Å²) in [6.45, 7) is 24.1. The van der Waals surface area contributed by atoms with Gasteiger partial charge in [-0.05, 0) is 245 Å². The molecule has 11 heterocycles. The van der Waals surface area contributed by atoms with Crippen molar-refractivity contribution in [3.63, 3.8) is 0 Å². The van der Waals surface area contributed by atoms with Crippen molar-refractivity contribution in [3.8, 4) is 50.6 Å². The summed E-state index contributed by atoms with van der Waals surface area (Å²) in [6.07, 6.45) is 1.83. The number of benzene rings is 6. The van der Waals surface area contributed by atoms with Gasteiger partial charge in [0.1, 0.15) is 34.3 Å². The zero-order chi connectivity index (χ0) is 96.6. The number of aromatic hydroxyl groups is 1. The van der Waals surface area contributed by atoms with Crippen molar-refractivity contribution in [2.75, 3.05) is 55.2 Å². The molecule has 0 radical (unpaired) electrons. The highest BCUT2D eigenvalue weighted by atomic mass is 35.5. The van der Waals surface area contributed by atoms with Crippen LogP contribution < -0.4 is 9.47 Å². The number of aromatic carboxylic acids is 1. The molecule has 0 atom stereocenters. The van der Waals surface area contributed by atoms with Crippen molar-refractivity contribution in [1.29, 1.82) is 0 Å². The molecular formula is C101H117Cl3N18O10S3. The van der Waals surface area contributed by atoms with Crippen molar-refractivity contribution in [2.24, 2.45) is 42.3 Å². The number of carbonyl (C=O) groups is 3. The number of thioether (sulfide) groups is 3. The van der Waals surface area contributed by atoms with Crippen LogP contribution in [0.3, 0.4) is 0 Å². The lowest BCUT2D eigenvalue weighted by molar-refractivity contribution is 0.0578. The standard InChI is InChI=1S/C34H41ClN6O4S.C34H39ClN6O3S.C33H37ClN6O3S/c1-20-13-25(43)16-26(14-20)46-19-24-15-23(36-40(24)6)17-38(4)18-28-31(22(3)39(5)37-28)32-27(35)9-10-29-30(32)21(2)33(34(44)45-7)41(29)11-8-12-42;1-20-13-25-16-26(14-20)45-19-24-15-23(36-40(24)6)17-38(4)18-28-31(22(3)39(5)37-28)32-27(35)9-10-29-30(32)21(2)33(34(42)43-7)41(29)11-8-12-44-25;1-19-12-24-15-25(13-19)44-18-23-14-22(35-39(23)6)16-37(4)17-27-30(21(3)38(5)36-27)31-26(34)8-9-28-29(31)20(2)32(33(41)42)40(28)10-7-11-43-24/h9-10,13-16,42-43H,8,11-12,17-19H2,1-7H3;9-10,13-16H,8,11-12,17-19H2,1-7H3;8-9,12-15H,7,10-11,16-18H2,1-6H3,(H,41,42). The fourth-order valence-corrected chi connectivity index (χ4v) is 22.7. The molecule has 6 aromatic carbocycles. The number of esters is 2. The van der Waals surface area contributed by atoms with Crippen LogP contribution in [-0.4, -0.2) is 175 Å². The van der Waals surface area contributed by atoms with E-state index in [9.17, 15) is 29.7 Å². The SMILES string of the molecule is COC(=O)c1c(C)c2c(-c3c(CN(C)Cc4cc(CSc5cc(C)cc(O)c5)n(C)n4)nn(C)c3C)c(Cl)ccc2n1CCCO.COC(=O)c1c(C)c2c3c(Cl)ccc2n1CCCOc1cc(C)cc(c1)SCc1cc(nn1C)CN(C)Cc1nn(C)c(C)c1-3.Cc1cc2cc(c1)SCc1cc(nn1C)CN(C)Cc1nn(C)c(C)c1-c1c(Cl)ccc3c1c(C)c(C(=O)O)n3CCCO2. The normalized spacial score (nSPS) is 13.7. The van der Waals surface area contributed by atoms with Gasteiger partial charge in [0.15, 0.2) is 0 Å². The molecule has 17 rings (SSSR count). The zero-order valence-electron chi connectivity index (χ0n) is 80.2. The molecule has 28 nitrogen and oxygen atoms in total. The van der Waals surface area contributed by atoms with E-state index in [1.165, 1.54) is 14.2 Å². The molecule has 9 aromatic heterocycles. The number of carboxylic acids is 1. The van der Waals surface area contributed by atoms with Gasteiger partial charge < -0.3 is 48.0 Å². The maximum Gasteiger partial charge on any atom is 0.354 e. The van der Waals surface area contributed by atoms with E-state index in [0.29, 0.717) is 123 Å². The molecular weight excluding hydrogens is 1830 g/mol. The molecule has 34 heteroatoms. The number of aromatic nitrogens is 15. The summed E-state index contributed by atoms with van der Waals surface area (Å²) < 4.78 is 40.3. The van der Waals surface area contributed by atoms with Gasteiger partial charge in [-0.1, -0.05) is 34.8 Å². The average Bonchev–Trinajstić information content (AvgIpc) is 1.59. The van der Waals surface area contributed by atoms with Gasteiger partial charge in [-0.2, -0.15) is 30.6 Å². The molecule has 135 heavy (non-hydrogen) atoms. The number of carbonyl (C=O) groups excluding carboxylic acids is 2. The number of ether oxygens (including phenoxy) is 4. The molecule has 15 aromatic rings. The van der Waals surface area contributed by atoms with Crippen LogP contribution in [0.25, 0.3) is 66.1 Å². The van der Waals surface area contributed by atoms with Gasteiger partial charge in [0.25, 0.3) is 0 Å². The Labute approximate surface area is 814 Å². The second-order valence-corrected chi connectivity index (χ2v) is 39.7. The minimum atomic E-state index is -0.964. The quantitative estimate of drug-likeness (QED) is 0.0674. The van der Waals surface area contributed by atoms with Crippen molar-refractivity contribution in [1.82, 2.24) is 87.1 Å². The van der Waals surface area contributed by atoms with Crippen LogP contribution in [0, 0.1) is 62.3 Å². The summed E-state index contributed by atoms with van der Waals surface area (Å²) >= 11 is 26.2. The van der Waals surface area contributed by atoms with Crippen LogP contribution >= 0.6 is 70.1 Å². The number of carboxylic acid groups (broad SMARTS) is 1. The van der Waals surface area contributed by atoms with E-state index < -0.39 is 11.9 Å². The van der Waals surface area contributed by atoms with E-state index >= 15 is 0 Å². The maximum atomic E-state index is 13.2. The highest BCUT2D eigenvalue weighted by Gasteiger charge is 2.34. The minimum absolute atomic E-state index is 0.00581. The van der Waals surface area contributed by atoms with E-state index in [0.717, 1.165) is 206 Å². The van der Waals surface area contributed by atoms with Crippen LogP contribution in [0.1, 0.15) is 152 Å². The predicted molar refractivity (Wildman–Crippen MR) is 536 cm³/mol. The molecule has 0 saturated heterocycles. The first-order valence-corrected chi connectivity index (χ1v) is 48.9. The summed E-state index contributed by atoms with van der Waals surface area (Å²) in [6, 6.07) is 36.2. The lowest BCUT2D eigenvalue weighted by Gasteiger charge is -2.16. The highest BCUT2D eigenvalue weighted by Crippen LogP contribution is 2.48. The highest BCUT2D eigenvalue weighted by molar-refractivity contribution is 7.99. The number of aryl methyl sites for hydroxylation is 15. The summed E-state index contributed by atoms with van der Waals surface area (Å²) in [7, 11) is 20.7. The Morgan fingerprint density at radius 2 is 0.956 bits per heavy atom. The second kappa shape index (κ2) is 41.8. The molecule has 0 fully saturated rings. The molecule has 0 saturated carbocycles.